The van der Waals surface area contributed by atoms with E-state index >= 15 is 0 Å². The van der Waals surface area contributed by atoms with Gasteiger partial charge in [0.1, 0.15) is 11.5 Å². The lowest BCUT2D eigenvalue weighted by molar-refractivity contribution is -0.132. The fraction of sp³-hybridized carbons (Fsp3) is 0.0345. The zero-order valence-corrected chi connectivity index (χ0v) is 20.7. The molecule has 1 unspecified atom stereocenters. The summed E-state index contributed by atoms with van der Waals surface area (Å²) < 4.78 is 0. The summed E-state index contributed by atoms with van der Waals surface area (Å²) in [5.74, 6) is -1.97. The van der Waals surface area contributed by atoms with E-state index in [0.717, 1.165) is 11.4 Å². The van der Waals surface area contributed by atoms with Gasteiger partial charge in [-0.1, -0.05) is 53.5 Å². The minimum Gasteiger partial charge on any atom is -0.508 e. The Morgan fingerprint density at radius 3 is 2.08 bits per heavy atom. The molecule has 5 rings (SSSR count). The maximum atomic E-state index is 13.3. The van der Waals surface area contributed by atoms with Crippen LogP contribution >= 0.6 is 23.2 Å². The molecule has 37 heavy (non-hydrogen) atoms. The number of nitrogens with zero attached hydrogens (tertiary/aromatic N) is 1. The molecule has 1 heterocycles. The smallest absolute Gasteiger partial charge is 0.300 e. The van der Waals surface area contributed by atoms with Gasteiger partial charge >= 0.3 is 0 Å². The number of halogens is 2. The van der Waals surface area contributed by atoms with Crippen molar-refractivity contribution in [3.8, 4) is 5.75 Å². The van der Waals surface area contributed by atoms with Gasteiger partial charge in [-0.25, -0.2) is 0 Å². The van der Waals surface area contributed by atoms with Gasteiger partial charge in [0.15, 0.2) is 0 Å². The molecule has 1 saturated heterocycles. The van der Waals surface area contributed by atoms with Crippen LogP contribution in [0.15, 0.2) is 103 Å². The number of hydrogen-bond donors (Lipinski definition) is 3. The van der Waals surface area contributed by atoms with Crippen molar-refractivity contribution in [2.75, 3.05) is 10.2 Å². The molecule has 0 aliphatic carbocycles. The normalized spacial score (nSPS) is 16.7. The molecule has 0 radical (unpaired) electrons. The summed E-state index contributed by atoms with van der Waals surface area (Å²) in [6, 6.07) is 26.3. The maximum absolute atomic E-state index is 13.3. The third kappa shape index (κ3) is 4.77. The van der Waals surface area contributed by atoms with Crippen LogP contribution in [0.3, 0.4) is 0 Å². The molecule has 4 aromatic carbocycles. The number of aliphatic hydroxyl groups excluding tert-OH is 1. The van der Waals surface area contributed by atoms with Crippen LogP contribution in [0.25, 0.3) is 5.76 Å². The van der Waals surface area contributed by atoms with Gasteiger partial charge < -0.3 is 15.5 Å². The zero-order valence-electron chi connectivity index (χ0n) is 19.2. The number of carbonyl (C=O) groups is 2. The number of anilines is 3. The highest BCUT2D eigenvalue weighted by Crippen LogP contribution is 2.43. The Bertz CT molecular complexity index is 1520. The molecule has 1 aliphatic rings. The topological polar surface area (TPSA) is 89.9 Å². The largest absolute Gasteiger partial charge is 0.508 e. The van der Waals surface area contributed by atoms with Gasteiger partial charge in [-0.2, -0.15) is 0 Å². The average molecular weight is 531 g/mol. The molecule has 1 fully saturated rings. The van der Waals surface area contributed by atoms with Gasteiger partial charge in [-0.05, 0) is 72.3 Å². The second-order valence-corrected chi connectivity index (χ2v) is 9.24. The first-order valence-corrected chi connectivity index (χ1v) is 12.1. The number of benzene rings is 4. The molecule has 1 atom stereocenters. The van der Waals surface area contributed by atoms with E-state index in [1.54, 1.807) is 36.4 Å². The number of ketones is 1. The molecule has 3 N–H and O–H groups in total. The lowest BCUT2D eigenvalue weighted by Crippen LogP contribution is -2.29. The van der Waals surface area contributed by atoms with Crippen LogP contribution < -0.4 is 10.2 Å². The van der Waals surface area contributed by atoms with Crippen LogP contribution in [0.2, 0.25) is 10.0 Å². The van der Waals surface area contributed by atoms with Crippen molar-refractivity contribution in [3.63, 3.8) is 0 Å². The molecule has 0 aromatic heterocycles. The Hall–Kier alpha value is -4.26. The summed E-state index contributed by atoms with van der Waals surface area (Å²) in [6.45, 7) is 0. The average Bonchev–Trinajstić information content (AvgIpc) is 3.17. The predicted octanol–water partition coefficient (Wildman–Crippen LogP) is 7.07. The number of phenolic OH excluding ortho intramolecular Hbond substituents is 1. The summed E-state index contributed by atoms with van der Waals surface area (Å²) in [6.07, 6.45) is 0. The Morgan fingerprint density at radius 1 is 0.784 bits per heavy atom. The molecule has 8 heteroatoms. The van der Waals surface area contributed by atoms with E-state index in [1.807, 2.05) is 30.3 Å². The number of phenols is 1. The van der Waals surface area contributed by atoms with Crippen molar-refractivity contribution in [1.82, 2.24) is 0 Å². The van der Waals surface area contributed by atoms with Gasteiger partial charge in [0.05, 0.1) is 21.7 Å². The van der Waals surface area contributed by atoms with Gasteiger partial charge in [0, 0.05) is 22.6 Å². The molecular weight excluding hydrogens is 511 g/mol. The van der Waals surface area contributed by atoms with E-state index in [1.165, 1.54) is 35.2 Å². The Kier molecular flexibility index (Phi) is 6.61. The lowest BCUT2D eigenvalue weighted by atomic mass is 9.95. The number of amides is 1. The summed E-state index contributed by atoms with van der Waals surface area (Å²) in [5.41, 5.74) is 2.85. The Balaban J connectivity index is 1.59. The monoisotopic (exact) mass is 530 g/mol. The van der Waals surface area contributed by atoms with Crippen molar-refractivity contribution in [1.29, 1.82) is 0 Å². The van der Waals surface area contributed by atoms with Gasteiger partial charge in [0.25, 0.3) is 11.7 Å². The fourth-order valence-corrected chi connectivity index (χ4v) is 4.56. The molecule has 0 saturated carbocycles. The summed E-state index contributed by atoms with van der Waals surface area (Å²) in [5, 5.41) is 24.8. The Morgan fingerprint density at radius 2 is 1.43 bits per heavy atom. The van der Waals surface area contributed by atoms with Crippen LogP contribution in [0.1, 0.15) is 17.2 Å². The highest BCUT2D eigenvalue weighted by Gasteiger charge is 2.47. The van der Waals surface area contributed by atoms with E-state index in [0.29, 0.717) is 11.3 Å². The number of aromatic hydroxyl groups is 1. The van der Waals surface area contributed by atoms with E-state index in [9.17, 15) is 19.8 Å². The number of para-hydroxylation sites is 1. The minimum atomic E-state index is -0.942. The standard InChI is InChI=1S/C29H20Cl2N2O4/c30-23-15-8-18(16-24(23)31)27(35)25-26(17-6-13-22(34)14-7-17)33(29(37)28(25)36)21-11-9-20(10-12-21)32-19-4-2-1-3-5-19/h1-16,26,32,34-35H/b27-25-. The van der Waals surface area contributed by atoms with Gasteiger partial charge in [0.2, 0.25) is 0 Å². The van der Waals surface area contributed by atoms with Crippen molar-refractivity contribution in [3.05, 3.63) is 124 Å². The second kappa shape index (κ2) is 10.0. The van der Waals surface area contributed by atoms with Crippen LogP contribution in [0, 0.1) is 0 Å². The van der Waals surface area contributed by atoms with Gasteiger partial charge in [-0.15, -0.1) is 0 Å². The van der Waals surface area contributed by atoms with Gasteiger partial charge in [-0.3, -0.25) is 14.5 Å². The van der Waals surface area contributed by atoms with Crippen LogP contribution in [0.4, 0.5) is 17.1 Å². The number of nitrogens with one attached hydrogen (secondary N) is 1. The molecule has 184 valence electrons. The van der Waals surface area contributed by atoms with Crippen LogP contribution in [0.5, 0.6) is 5.75 Å². The van der Waals surface area contributed by atoms with Crippen LogP contribution in [-0.4, -0.2) is 21.9 Å². The lowest BCUT2D eigenvalue weighted by Gasteiger charge is -2.25. The quantitative estimate of drug-likeness (QED) is 0.146. The number of Topliss-reactive ketones (excluding diaryl/α,β-unsaturated/α-hetero) is 1. The highest BCUT2D eigenvalue weighted by molar-refractivity contribution is 6.51. The number of aliphatic hydroxyl groups is 1. The first-order chi connectivity index (χ1) is 17.8. The number of carbonyl (C=O) groups excluding carboxylic acids is 2. The first kappa shape index (κ1) is 24.4. The molecule has 1 aliphatic heterocycles. The summed E-state index contributed by atoms with van der Waals surface area (Å²) >= 11 is 12.2. The minimum absolute atomic E-state index is 0.0292. The number of rotatable bonds is 5. The molecule has 1 amide bonds. The van der Waals surface area contributed by atoms with E-state index in [2.05, 4.69) is 5.32 Å². The molecule has 0 bridgehead atoms. The van der Waals surface area contributed by atoms with Crippen molar-refractivity contribution >= 4 is 57.7 Å². The maximum Gasteiger partial charge on any atom is 0.300 e. The van der Waals surface area contributed by atoms with E-state index < -0.39 is 17.7 Å². The third-order valence-corrected chi connectivity index (χ3v) is 6.79. The first-order valence-electron chi connectivity index (χ1n) is 11.3. The third-order valence-electron chi connectivity index (χ3n) is 6.05. The Labute approximate surface area is 223 Å². The fourth-order valence-electron chi connectivity index (χ4n) is 4.26. The van der Waals surface area contributed by atoms with E-state index in [4.69, 9.17) is 23.2 Å². The molecule has 4 aromatic rings. The number of hydrogen-bond acceptors (Lipinski definition) is 5. The highest BCUT2D eigenvalue weighted by atomic mass is 35.5. The van der Waals surface area contributed by atoms with E-state index in [-0.39, 0.29) is 32.7 Å². The van der Waals surface area contributed by atoms with Crippen molar-refractivity contribution in [2.24, 2.45) is 0 Å². The summed E-state index contributed by atoms with van der Waals surface area (Å²) in [7, 11) is 0. The molecule has 0 spiro atoms. The second-order valence-electron chi connectivity index (χ2n) is 8.43. The molecular formula is C29H20Cl2N2O4. The SMILES string of the molecule is O=C1C(=O)N(c2ccc(Nc3ccccc3)cc2)C(c2ccc(O)cc2)/C1=C(/O)c1ccc(Cl)c(Cl)c1. The van der Waals surface area contributed by atoms with Crippen LogP contribution in [-0.2, 0) is 9.59 Å². The summed E-state index contributed by atoms with van der Waals surface area (Å²) in [4.78, 5) is 27.9. The van der Waals surface area contributed by atoms with Crippen molar-refractivity contribution < 1.29 is 19.8 Å². The van der Waals surface area contributed by atoms with Crippen molar-refractivity contribution in [2.45, 2.75) is 6.04 Å². The molecule has 6 nitrogen and oxygen atoms in total. The zero-order chi connectivity index (χ0) is 26.1. The predicted molar refractivity (Wildman–Crippen MR) is 146 cm³/mol.